The van der Waals surface area contributed by atoms with Gasteiger partial charge in [0.2, 0.25) is 0 Å². The van der Waals surface area contributed by atoms with E-state index in [1.807, 2.05) is 24.3 Å². The molecule has 0 aliphatic carbocycles. The molecule has 0 saturated carbocycles. The van der Waals surface area contributed by atoms with Gasteiger partial charge in [0.15, 0.2) is 0 Å². The minimum atomic E-state index is -0.406. The summed E-state index contributed by atoms with van der Waals surface area (Å²) in [5.74, 6) is 1.00. The van der Waals surface area contributed by atoms with Crippen LogP contribution in [0.4, 0.5) is 5.69 Å². The van der Waals surface area contributed by atoms with Gasteiger partial charge in [-0.15, -0.1) is 0 Å². The van der Waals surface area contributed by atoms with Gasteiger partial charge < -0.3 is 19.5 Å². The van der Waals surface area contributed by atoms with Crippen molar-refractivity contribution < 1.29 is 19.0 Å². The minimum absolute atomic E-state index is 0.298. The molecule has 2 aromatic rings. The van der Waals surface area contributed by atoms with Gasteiger partial charge in [0, 0.05) is 11.9 Å². The molecule has 2 aromatic carbocycles. The van der Waals surface area contributed by atoms with Crippen molar-refractivity contribution in [3.63, 3.8) is 0 Å². The fraction of sp³-hybridized carbons (Fsp3) is 0.211. The Kier molecular flexibility index (Phi) is 7.53. The van der Waals surface area contributed by atoms with E-state index in [1.54, 1.807) is 39.5 Å². The SMILES string of the molecule is CCOC(=O)/C(=C/Nc1cc(Br)c(OC)c(Br)c1)c1ccc(OC)cc1. The number of hydrogen-bond donors (Lipinski definition) is 1. The number of methoxy groups -OCH3 is 2. The van der Waals surface area contributed by atoms with Crippen molar-refractivity contribution in [3.8, 4) is 11.5 Å². The van der Waals surface area contributed by atoms with Crippen molar-refractivity contribution in [2.24, 2.45) is 0 Å². The molecule has 0 aliphatic rings. The zero-order valence-electron chi connectivity index (χ0n) is 14.6. The van der Waals surface area contributed by atoms with E-state index in [2.05, 4.69) is 37.2 Å². The Morgan fingerprint density at radius 3 is 2.19 bits per heavy atom. The van der Waals surface area contributed by atoms with Gasteiger partial charge in [0.25, 0.3) is 0 Å². The fourth-order valence-corrected chi connectivity index (χ4v) is 3.74. The van der Waals surface area contributed by atoms with E-state index >= 15 is 0 Å². The zero-order chi connectivity index (χ0) is 19.1. The first kappa shape index (κ1) is 20.3. The molecule has 7 heteroatoms. The summed E-state index contributed by atoms with van der Waals surface area (Å²) in [5.41, 5.74) is 1.92. The van der Waals surface area contributed by atoms with Crippen molar-refractivity contribution in [1.82, 2.24) is 0 Å². The molecule has 0 fully saturated rings. The van der Waals surface area contributed by atoms with Gasteiger partial charge in [-0.1, -0.05) is 12.1 Å². The highest BCUT2D eigenvalue weighted by molar-refractivity contribution is 9.11. The van der Waals surface area contributed by atoms with Crippen molar-refractivity contribution in [2.75, 3.05) is 26.1 Å². The van der Waals surface area contributed by atoms with E-state index in [4.69, 9.17) is 14.2 Å². The standard InChI is InChI=1S/C19H19Br2NO4/c1-4-26-19(23)15(12-5-7-14(24-2)8-6-12)11-22-13-9-16(20)18(25-3)17(21)10-13/h5-11,22H,4H2,1-3H3/b15-11+. The van der Waals surface area contributed by atoms with Crippen molar-refractivity contribution in [3.05, 3.63) is 57.1 Å². The maximum atomic E-state index is 12.4. The van der Waals surface area contributed by atoms with E-state index in [9.17, 15) is 4.79 Å². The molecule has 2 rings (SSSR count). The molecular weight excluding hydrogens is 466 g/mol. The van der Waals surface area contributed by atoms with Crippen LogP contribution >= 0.6 is 31.9 Å². The molecular formula is C19H19Br2NO4. The van der Waals surface area contributed by atoms with Crippen LogP contribution in [-0.4, -0.2) is 26.8 Å². The predicted molar refractivity (Wildman–Crippen MR) is 110 cm³/mol. The highest BCUT2D eigenvalue weighted by Crippen LogP contribution is 2.36. The second-order valence-electron chi connectivity index (χ2n) is 5.12. The minimum Gasteiger partial charge on any atom is -0.497 e. The molecule has 0 aliphatic heterocycles. The maximum Gasteiger partial charge on any atom is 0.340 e. The van der Waals surface area contributed by atoms with E-state index in [0.29, 0.717) is 23.7 Å². The summed E-state index contributed by atoms with van der Waals surface area (Å²) < 4.78 is 17.2. The summed E-state index contributed by atoms with van der Waals surface area (Å²) in [6.45, 7) is 2.07. The van der Waals surface area contributed by atoms with Crippen LogP contribution in [0.2, 0.25) is 0 Å². The summed E-state index contributed by atoms with van der Waals surface area (Å²) in [5, 5.41) is 3.13. The van der Waals surface area contributed by atoms with Crippen LogP contribution in [0, 0.1) is 0 Å². The average Bonchev–Trinajstić information content (AvgIpc) is 2.62. The molecule has 0 amide bonds. The zero-order valence-corrected chi connectivity index (χ0v) is 17.8. The molecule has 0 heterocycles. The van der Waals surface area contributed by atoms with Crippen LogP contribution in [0.15, 0.2) is 51.5 Å². The van der Waals surface area contributed by atoms with Crippen molar-refractivity contribution >= 4 is 49.1 Å². The number of hydrogen-bond acceptors (Lipinski definition) is 5. The predicted octanol–water partition coefficient (Wildman–Crippen LogP) is 5.24. The van der Waals surface area contributed by atoms with E-state index in [-0.39, 0.29) is 0 Å². The largest absolute Gasteiger partial charge is 0.497 e. The van der Waals surface area contributed by atoms with Gasteiger partial charge >= 0.3 is 5.97 Å². The number of carbonyl (C=O) groups excluding carboxylic acids is 1. The Morgan fingerprint density at radius 2 is 1.69 bits per heavy atom. The molecule has 0 unspecified atom stereocenters. The van der Waals surface area contributed by atoms with E-state index < -0.39 is 5.97 Å². The molecule has 1 N–H and O–H groups in total. The Hall–Kier alpha value is -1.99. The summed E-state index contributed by atoms with van der Waals surface area (Å²) >= 11 is 6.92. The summed E-state index contributed by atoms with van der Waals surface area (Å²) in [4.78, 5) is 12.4. The lowest BCUT2D eigenvalue weighted by atomic mass is 10.1. The Morgan fingerprint density at radius 1 is 1.08 bits per heavy atom. The van der Waals surface area contributed by atoms with Gasteiger partial charge in [-0.05, 0) is 68.6 Å². The van der Waals surface area contributed by atoms with Gasteiger partial charge in [0.1, 0.15) is 11.5 Å². The lowest BCUT2D eigenvalue weighted by Gasteiger charge is -2.11. The number of ether oxygens (including phenoxy) is 3. The van der Waals surface area contributed by atoms with Crippen LogP contribution in [0.5, 0.6) is 11.5 Å². The molecule has 0 saturated heterocycles. The second kappa shape index (κ2) is 9.64. The highest BCUT2D eigenvalue weighted by atomic mass is 79.9. The topological polar surface area (TPSA) is 56.8 Å². The average molecular weight is 485 g/mol. The molecule has 26 heavy (non-hydrogen) atoms. The second-order valence-corrected chi connectivity index (χ2v) is 6.83. The third-order valence-corrected chi connectivity index (χ3v) is 4.66. The highest BCUT2D eigenvalue weighted by Gasteiger charge is 2.14. The van der Waals surface area contributed by atoms with Crippen LogP contribution in [0.1, 0.15) is 12.5 Å². The van der Waals surface area contributed by atoms with Crippen molar-refractivity contribution in [2.45, 2.75) is 6.92 Å². The Balaban J connectivity index is 2.34. The first-order valence-electron chi connectivity index (χ1n) is 7.81. The molecule has 138 valence electrons. The number of esters is 1. The van der Waals surface area contributed by atoms with Gasteiger partial charge in [0.05, 0.1) is 35.3 Å². The van der Waals surface area contributed by atoms with E-state index in [0.717, 1.165) is 20.2 Å². The van der Waals surface area contributed by atoms with Gasteiger partial charge in [-0.25, -0.2) is 4.79 Å². The smallest absolute Gasteiger partial charge is 0.340 e. The molecule has 0 atom stereocenters. The Bertz CT molecular complexity index is 781. The van der Waals surface area contributed by atoms with Crippen molar-refractivity contribution in [1.29, 1.82) is 0 Å². The lowest BCUT2D eigenvalue weighted by Crippen LogP contribution is -2.08. The first-order chi connectivity index (χ1) is 12.5. The lowest BCUT2D eigenvalue weighted by molar-refractivity contribution is -0.136. The Labute approximate surface area is 169 Å². The molecule has 0 spiro atoms. The normalized spacial score (nSPS) is 11.0. The number of rotatable bonds is 7. The molecule has 5 nitrogen and oxygen atoms in total. The number of halogens is 2. The number of anilines is 1. The fourth-order valence-electron chi connectivity index (χ4n) is 2.23. The maximum absolute atomic E-state index is 12.4. The summed E-state index contributed by atoms with van der Waals surface area (Å²) in [6, 6.07) is 10.9. The van der Waals surface area contributed by atoms with Gasteiger partial charge in [-0.2, -0.15) is 0 Å². The monoisotopic (exact) mass is 483 g/mol. The third-order valence-electron chi connectivity index (χ3n) is 3.48. The molecule has 0 radical (unpaired) electrons. The number of benzene rings is 2. The van der Waals surface area contributed by atoms with Crippen LogP contribution in [-0.2, 0) is 9.53 Å². The quantitative estimate of drug-likeness (QED) is 0.430. The summed E-state index contributed by atoms with van der Waals surface area (Å²) in [6.07, 6.45) is 1.63. The van der Waals surface area contributed by atoms with E-state index in [1.165, 1.54) is 0 Å². The third kappa shape index (κ3) is 5.02. The first-order valence-corrected chi connectivity index (χ1v) is 9.40. The number of carbonyl (C=O) groups is 1. The van der Waals surface area contributed by atoms with Crippen LogP contribution in [0.3, 0.4) is 0 Å². The molecule has 0 bridgehead atoms. The number of nitrogens with one attached hydrogen (secondary N) is 1. The van der Waals surface area contributed by atoms with Crippen LogP contribution in [0.25, 0.3) is 5.57 Å². The molecule has 0 aromatic heterocycles. The van der Waals surface area contributed by atoms with Crippen LogP contribution < -0.4 is 14.8 Å². The summed E-state index contributed by atoms with van der Waals surface area (Å²) in [7, 11) is 3.19. The van der Waals surface area contributed by atoms with Gasteiger partial charge in [-0.3, -0.25) is 0 Å².